The second kappa shape index (κ2) is 33.0. The minimum absolute atomic E-state index is 1.12. The van der Waals surface area contributed by atoms with Gasteiger partial charge < -0.3 is 29.4 Å². The van der Waals surface area contributed by atoms with E-state index in [9.17, 15) is 0 Å². The predicted octanol–water partition coefficient (Wildman–Crippen LogP) is 29.9. The third-order valence-corrected chi connectivity index (χ3v) is 21.3. The number of benzene rings is 19. The first kappa shape index (κ1) is 71.2. The molecule has 0 aliphatic heterocycles. The largest absolute Gasteiger partial charge is 0.345 e. The fourth-order valence-electron chi connectivity index (χ4n) is 15.3. The van der Waals surface area contributed by atoms with Crippen molar-refractivity contribution in [2.45, 2.75) is 0 Å². The van der Waals surface area contributed by atoms with Gasteiger partial charge in [-0.25, -0.2) is 0 Å². The van der Waals surface area contributed by atoms with Crippen molar-refractivity contribution in [1.29, 1.82) is 0 Å². The molecule has 0 fully saturated rings. The fourth-order valence-corrected chi connectivity index (χ4v) is 15.3. The van der Waals surface area contributed by atoms with E-state index in [1.54, 1.807) is 0 Å². The van der Waals surface area contributed by atoms with Crippen molar-refractivity contribution >= 4 is 139 Å². The lowest BCUT2D eigenvalue weighted by molar-refractivity contribution is 1.20. The van der Waals surface area contributed by atoms with Gasteiger partial charge in [-0.1, -0.05) is 279 Å². The van der Waals surface area contributed by atoms with E-state index in [-0.39, 0.29) is 0 Å². The molecule has 0 aromatic heterocycles. The molecule has 0 amide bonds. The molecule has 0 unspecified atom stereocenters. The summed E-state index contributed by atoms with van der Waals surface area (Å²) in [5, 5.41) is 12.4. The topological polar surface area (TPSA) is 19.4 Å². The molecule has 19 aromatic rings. The Balaban J connectivity index is 0.000000123. The SMILES string of the molecule is CN(c1ccc(-c2ccccc2)cc1)c1ccc(N(c2ccccc2)c2ccc3ccccc3c2)cc1.CN(c1ccc(N(c2ccccc2)c2ccc3ccccc3c2)cc1)c1c2ccccc2cc2ccccc12.CN(c1ccc(N(c2ccccc2)c2ccc3ccccc3c2)cc1)c1cccc(-c2ccccc2)c1. The molecular formula is C107H84N6. The van der Waals surface area contributed by atoms with Gasteiger partial charge in [-0.05, 0) is 241 Å². The summed E-state index contributed by atoms with van der Waals surface area (Å²) in [5.41, 5.74) is 22.1. The lowest BCUT2D eigenvalue weighted by Gasteiger charge is -2.27. The Labute approximate surface area is 662 Å². The van der Waals surface area contributed by atoms with Gasteiger partial charge in [-0.15, -0.1) is 0 Å². The molecule has 0 saturated heterocycles. The number of rotatable bonds is 17. The number of hydrogen-bond donors (Lipinski definition) is 0. The monoisotopic (exact) mass is 1450 g/mol. The first-order chi connectivity index (χ1) is 55.8. The average molecular weight is 1450 g/mol. The number of nitrogens with zero attached hydrogens (tertiary/aromatic N) is 6. The van der Waals surface area contributed by atoms with Gasteiger partial charge in [0.25, 0.3) is 0 Å². The van der Waals surface area contributed by atoms with Crippen molar-refractivity contribution in [2.24, 2.45) is 0 Å². The maximum atomic E-state index is 2.32. The van der Waals surface area contributed by atoms with Crippen LogP contribution < -0.4 is 29.4 Å². The molecule has 0 radical (unpaired) electrons. The van der Waals surface area contributed by atoms with Gasteiger partial charge in [0, 0.05) is 112 Å². The summed E-state index contributed by atoms with van der Waals surface area (Å²) in [5.74, 6) is 0. The van der Waals surface area contributed by atoms with Crippen LogP contribution in [0.15, 0.2) is 455 Å². The normalized spacial score (nSPS) is 11.0. The van der Waals surface area contributed by atoms with Crippen LogP contribution >= 0.6 is 0 Å². The third-order valence-electron chi connectivity index (χ3n) is 21.3. The first-order valence-electron chi connectivity index (χ1n) is 38.5. The first-order valence-corrected chi connectivity index (χ1v) is 38.5. The molecule has 0 spiro atoms. The highest BCUT2D eigenvalue weighted by Gasteiger charge is 2.20. The molecule has 19 aromatic carbocycles. The molecule has 0 aliphatic rings. The molecular weight excluding hydrogens is 1370 g/mol. The number of fused-ring (bicyclic) bond motifs is 5. The van der Waals surface area contributed by atoms with Crippen molar-refractivity contribution in [3.8, 4) is 22.3 Å². The van der Waals surface area contributed by atoms with E-state index < -0.39 is 0 Å². The van der Waals surface area contributed by atoms with E-state index in [2.05, 4.69) is 499 Å². The van der Waals surface area contributed by atoms with Crippen LogP contribution in [0, 0.1) is 0 Å². The summed E-state index contributed by atoms with van der Waals surface area (Å²) in [6.07, 6.45) is 0. The van der Waals surface area contributed by atoms with E-state index in [1.807, 2.05) is 6.07 Å². The molecule has 6 heteroatoms. The van der Waals surface area contributed by atoms with Crippen LogP contribution in [0.3, 0.4) is 0 Å². The number of hydrogen-bond acceptors (Lipinski definition) is 6. The molecule has 0 aliphatic carbocycles. The van der Waals surface area contributed by atoms with Crippen LogP contribution in [-0.4, -0.2) is 21.1 Å². The molecule has 0 saturated carbocycles. The van der Waals surface area contributed by atoms with Gasteiger partial charge in [-0.3, -0.25) is 0 Å². The second-order valence-corrected chi connectivity index (χ2v) is 28.3. The average Bonchev–Trinajstić information content (AvgIpc) is 0.761. The van der Waals surface area contributed by atoms with Gasteiger partial charge in [0.05, 0.1) is 5.69 Å². The number of anilines is 15. The van der Waals surface area contributed by atoms with E-state index in [0.717, 1.165) is 79.6 Å². The molecule has 6 nitrogen and oxygen atoms in total. The minimum atomic E-state index is 1.12. The quantitative estimate of drug-likeness (QED) is 0.0841. The van der Waals surface area contributed by atoms with Gasteiger partial charge in [0.15, 0.2) is 0 Å². The zero-order valence-corrected chi connectivity index (χ0v) is 63.5. The Morgan fingerprint density at radius 2 is 0.372 bits per heavy atom. The smallest absolute Gasteiger partial charge is 0.0567 e. The summed E-state index contributed by atoms with van der Waals surface area (Å²) in [6.45, 7) is 0. The Hall–Kier alpha value is -14.7. The Bertz CT molecular complexity index is 6350. The highest BCUT2D eigenvalue weighted by atomic mass is 15.2. The minimum Gasteiger partial charge on any atom is -0.345 e. The van der Waals surface area contributed by atoms with Crippen LogP contribution in [0.5, 0.6) is 0 Å². The van der Waals surface area contributed by atoms with Crippen LogP contribution in [0.1, 0.15) is 0 Å². The van der Waals surface area contributed by atoms with Crippen LogP contribution in [-0.2, 0) is 0 Å². The summed E-state index contributed by atoms with van der Waals surface area (Å²) >= 11 is 0. The van der Waals surface area contributed by atoms with Crippen molar-refractivity contribution in [3.05, 3.63) is 455 Å². The predicted molar refractivity (Wildman–Crippen MR) is 485 cm³/mol. The molecule has 0 N–H and O–H groups in total. The zero-order valence-electron chi connectivity index (χ0n) is 63.5. The van der Waals surface area contributed by atoms with Gasteiger partial charge in [0.2, 0.25) is 0 Å². The number of para-hydroxylation sites is 3. The molecule has 0 heterocycles. The fraction of sp³-hybridized carbons (Fsp3) is 0.0280. The van der Waals surface area contributed by atoms with Gasteiger partial charge in [-0.2, -0.15) is 0 Å². The second-order valence-electron chi connectivity index (χ2n) is 28.3. The zero-order chi connectivity index (χ0) is 76.2. The summed E-state index contributed by atoms with van der Waals surface area (Å²) in [6, 6.07) is 162. The molecule has 0 atom stereocenters. The van der Waals surface area contributed by atoms with Crippen LogP contribution in [0.2, 0.25) is 0 Å². The van der Waals surface area contributed by atoms with E-state index >= 15 is 0 Å². The van der Waals surface area contributed by atoms with Crippen molar-refractivity contribution in [3.63, 3.8) is 0 Å². The molecule has 19 rings (SSSR count). The highest BCUT2D eigenvalue weighted by Crippen LogP contribution is 2.44. The summed E-state index contributed by atoms with van der Waals surface area (Å²) in [4.78, 5) is 13.7. The van der Waals surface area contributed by atoms with Gasteiger partial charge in [0.1, 0.15) is 0 Å². The van der Waals surface area contributed by atoms with Crippen molar-refractivity contribution < 1.29 is 0 Å². The Morgan fingerprint density at radius 1 is 0.133 bits per heavy atom. The van der Waals surface area contributed by atoms with E-state index in [1.165, 1.54) is 81.8 Å². The standard InChI is InChI=1S/C37H28N2.2C35H28N2/c1-38(37-35-17-9-7-13-29(35)25-30-14-8-10-18-36(30)37)31-21-23-33(24-22-31)39(32-15-3-2-4-16-32)34-20-19-27-11-5-6-12-28(27)26-34;1-36(34-18-10-15-30(25-34)27-11-4-2-5-12-27)31-21-23-33(24-22-31)37(32-16-6-3-7-17-32)35-20-19-28-13-8-9-14-29(28)26-35;1-36(31-19-16-29(17-20-31)27-10-4-2-5-11-27)32-22-24-34(25-23-32)37(33-14-6-3-7-15-33)35-21-18-28-12-8-9-13-30(28)26-35/h2-26H,1H3;2*2-26H,1H3. The van der Waals surface area contributed by atoms with E-state index in [0.29, 0.717) is 0 Å². The van der Waals surface area contributed by atoms with E-state index in [4.69, 9.17) is 0 Å². The molecule has 0 bridgehead atoms. The summed E-state index contributed by atoms with van der Waals surface area (Å²) < 4.78 is 0. The van der Waals surface area contributed by atoms with Gasteiger partial charge >= 0.3 is 0 Å². The van der Waals surface area contributed by atoms with Crippen LogP contribution in [0.4, 0.5) is 85.3 Å². The summed E-state index contributed by atoms with van der Waals surface area (Å²) in [7, 11) is 6.41. The Kier molecular flexibility index (Phi) is 20.8. The lowest BCUT2D eigenvalue weighted by Crippen LogP contribution is -2.12. The molecule has 113 heavy (non-hydrogen) atoms. The maximum absolute atomic E-state index is 2.32. The lowest BCUT2D eigenvalue weighted by atomic mass is 10.00. The molecule has 542 valence electrons. The Morgan fingerprint density at radius 3 is 0.743 bits per heavy atom. The van der Waals surface area contributed by atoms with Crippen molar-refractivity contribution in [2.75, 3.05) is 50.5 Å². The highest BCUT2D eigenvalue weighted by molar-refractivity contribution is 6.12. The maximum Gasteiger partial charge on any atom is 0.0567 e. The van der Waals surface area contributed by atoms with Crippen molar-refractivity contribution in [1.82, 2.24) is 0 Å². The third kappa shape index (κ3) is 15.7. The van der Waals surface area contributed by atoms with Crippen LogP contribution in [0.25, 0.3) is 76.1 Å².